The van der Waals surface area contributed by atoms with E-state index in [2.05, 4.69) is 10.0 Å². The molecule has 0 radical (unpaired) electrons. The molecule has 0 aromatic heterocycles. The number of likely N-dealkylation sites (tertiary alicyclic amines) is 1. The van der Waals surface area contributed by atoms with Crippen LogP contribution in [0.15, 0.2) is 24.3 Å². The highest BCUT2D eigenvalue weighted by Gasteiger charge is 2.25. The van der Waals surface area contributed by atoms with Gasteiger partial charge in [0.05, 0.1) is 6.26 Å². The molecule has 1 aliphatic rings. The van der Waals surface area contributed by atoms with Crippen molar-refractivity contribution in [3.8, 4) is 0 Å². The van der Waals surface area contributed by atoms with Crippen LogP contribution < -0.4 is 10.0 Å². The van der Waals surface area contributed by atoms with E-state index in [1.165, 1.54) is 0 Å². The number of carbonyl (C=O) groups excluding carboxylic acids is 2. The molecule has 0 atom stereocenters. The van der Waals surface area contributed by atoms with Crippen LogP contribution in [0, 0.1) is 0 Å². The fraction of sp³-hybridized carbons (Fsp3) is 0.556. The molecule has 9 heteroatoms. The van der Waals surface area contributed by atoms with E-state index in [-0.39, 0.29) is 11.9 Å². The summed E-state index contributed by atoms with van der Waals surface area (Å²) in [4.78, 5) is 26.1. The smallest absolute Gasteiger partial charge is 0.412 e. The number of rotatable bonds is 4. The number of benzene rings is 1. The fourth-order valence-corrected chi connectivity index (χ4v) is 3.64. The van der Waals surface area contributed by atoms with Gasteiger partial charge in [-0.2, -0.15) is 0 Å². The monoisotopic (exact) mass is 397 g/mol. The zero-order valence-corrected chi connectivity index (χ0v) is 16.9. The summed E-state index contributed by atoms with van der Waals surface area (Å²) in [5.74, 6) is -0.114. The number of sulfonamides is 1. The number of hydrogen-bond donors (Lipinski definition) is 2. The minimum atomic E-state index is -3.24. The van der Waals surface area contributed by atoms with Gasteiger partial charge in [0.1, 0.15) is 5.60 Å². The molecule has 0 saturated carbocycles. The van der Waals surface area contributed by atoms with Crippen LogP contribution in [0.5, 0.6) is 0 Å². The SMILES string of the molecule is CC(C)(C)OC(=O)Nc1ccc(C(=O)N2CCC(NS(C)(=O)=O)CC2)cc1. The third-order valence-corrected chi connectivity index (χ3v) is 4.70. The average molecular weight is 397 g/mol. The van der Waals surface area contributed by atoms with Crippen LogP contribution in [-0.4, -0.2) is 56.3 Å². The second-order valence-electron chi connectivity index (χ2n) is 7.66. The summed E-state index contributed by atoms with van der Waals surface area (Å²) in [6.07, 6.45) is 1.74. The summed E-state index contributed by atoms with van der Waals surface area (Å²) >= 11 is 0. The largest absolute Gasteiger partial charge is 0.444 e. The molecule has 1 fully saturated rings. The highest BCUT2D eigenvalue weighted by Crippen LogP contribution is 2.17. The van der Waals surface area contributed by atoms with Crippen molar-refractivity contribution in [1.82, 2.24) is 9.62 Å². The molecule has 0 unspecified atom stereocenters. The lowest BCUT2D eigenvalue weighted by atomic mass is 10.0. The van der Waals surface area contributed by atoms with Gasteiger partial charge in [0, 0.05) is 30.4 Å². The highest BCUT2D eigenvalue weighted by atomic mass is 32.2. The molecule has 150 valence electrons. The van der Waals surface area contributed by atoms with Crippen LogP contribution in [0.1, 0.15) is 44.0 Å². The first kappa shape index (κ1) is 21.2. The van der Waals surface area contributed by atoms with Crippen LogP contribution >= 0.6 is 0 Å². The zero-order chi connectivity index (χ0) is 20.2. The number of amides is 2. The first-order valence-corrected chi connectivity index (χ1v) is 10.7. The molecule has 1 aliphatic heterocycles. The van der Waals surface area contributed by atoms with Crippen molar-refractivity contribution in [2.24, 2.45) is 0 Å². The summed E-state index contributed by atoms with van der Waals surface area (Å²) in [5, 5.41) is 2.62. The van der Waals surface area contributed by atoms with Crippen molar-refractivity contribution in [3.63, 3.8) is 0 Å². The van der Waals surface area contributed by atoms with E-state index in [0.29, 0.717) is 37.2 Å². The summed E-state index contributed by atoms with van der Waals surface area (Å²) in [6.45, 7) is 6.32. The molecule has 1 aromatic rings. The Bertz CT molecular complexity index is 776. The number of hydrogen-bond acceptors (Lipinski definition) is 5. The predicted molar refractivity (Wildman–Crippen MR) is 103 cm³/mol. The van der Waals surface area contributed by atoms with Gasteiger partial charge in [-0.05, 0) is 57.9 Å². The molecular formula is C18H27N3O5S. The van der Waals surface area contributed by atoms with Gasteiger partial charge < -0.3 is 9.64 Å². The predicted octanol–water partition coefficient (Wildman–Crippen LogP) is 2.19. The summed E-state index contributed by atoms with van der Waals surface area (Å²) in [5.41, 5.74) is 0.467. The molecule has 0 spiro atoms. The van der Waals surface area contributed by atoms with E-state index in [1.807, 2.05) is 0 Å². The van der Waals surface area contributed by atoms with Gasteiger partial charge in [-0.3, -0.25) is 10.1 Å². The third kappa shape index (κ3) is 7.18. The molecule has 8 nitrogen and oxygen atoms in total. The van der Waals surface area contributed by atoms with E-state index in [1.54, 1.807) is 49.9 Å². The van der Waals surface area contributed by atoms with Gasteiger partial charge in [-0.25, -0.2) is 17.9 Å². The Morgan fingerprint density at radius 1 is 1.11 bits per heavy atom. The van der Waals surface area contributed by atoms with E-state index in [4.69, 9.17) is 4.74 Å². The molecule has 1 heterocycles. The lowest BCUT2D eigenvalue weighted by Crippen LogP contribution is -2.46. The average Bonchev–Trinajstić information content (AvgIpc) is 2.52. The Balaban J connectivity index is 1.90. The van der Waals surface area contributed by atoms with Crippen LogP contribution in [0.25, 0.3) is 0 Å². The normalized spacial score (nSPS) is 16.1. The minimum Gasteiger partial charge on any atom is -0.444 e. The molecule has 0 bridgehead atoms. The molecule has 2 N–H and O–H groups in total. The Hall–Kier alpha value is -2.13. The van der Waals surface area contributed by atoms with E-state index in [9.17, 15) is 18.0 Å². The summed E-state index contributed by atoms with van der Waals surface area (Å²) in [7, 11) is -3.24. The second-order valence-corrected chi connectivity index (χ2v) is 9.44. The molecule has 1 aromatic carbocycles. The molecular weight excluding hydrogens is 370 g/mol. The van der Waals surface area contributed by atoms with Gasteiger partial charge in [-0.1, -0.05) is 0 Å². The van der Waals surface area contributed by atoms with Crippen molar-refractivity contribution >= 4 is 27.7 Å². The lowest BCUT2D eigenvalue weighted by Gasteiger charge is -2.32. The standard InChI is InChI=1S/C18H27N3O5S/c1-18(2,3)26-17(23)19-14-7-5-13(6-8-14)16(22)21-11-9-15(10-12-21)20-27(4,24)25/h5-8,15,20H,9-12H2,1-4H3,(H,19,23). The van der Waals surface area contributed by atoms with E-state index < -0.39 is 21.7 Å². The van der Waals surface area contributed by atoms with Crippen molar-refractivity contribution in [3.05, 3.63) is 29.8 Å². The summed E-state index contributed by atoms with van der Waals surface area (Å²) in [6, 6.07) is 6.46. The molecule has 27 heavy (non-hydrogen) atoms. The fourth-order valence-electron chi connectivity index (χ4n) is 2.80. The minimum absolute atomic E-state index is 0.114. The number of piperidine rings is 1. The van der Waals surface area contributed by atoms with Crippen molar-refractivity contribution < 1.29 is 22.7 Å². The molecule has 2 amide bonds. The summed E-state index contributed by atoms with van der Waals surface area (Å²) < 4.78 is 30.3. The van der Waals surface area contributed by atoms with Crippen molar-refractivity contribution in [2.45, 2.75) is 45.3 Å². The Morgan fingerprint density at radius 2 is 1.67 bits per heavy atom. The third-order valence-electron chi connectivity index (χ3n) is 3.94. The van der Waals surface area contributed by atoms with Crippen LogP contribution in [0.2, 0.25) is 0 Å². The quantitative estimate of drug-likeness (QED) is 0.810. The van der Waals surface area contributed by atoms with Gasteiger partial charge in [-0.15, -0.1) is 0 Å². The van der Waals surface area contributed by atoms with Gasteiger partial charge in [0.25, 0.3) is 5.91 Å². The second kappa shape index (κ2) is 8.26. The van der Waals surface area contributed by atoms with Crippen molar-refractivity contribution in [1.29, 1.82) is 0 Å². The van der Waals surface area contributed by atoms with Gasteiger partial charge in [0.2, 0.25) is 10.0 Å². The maximum Gasteiger partial charge on any atom is 0.412 e. The van der Waals surface area contributed by atoms with E-state index in [0.717, 1.165) is 6.26 Å². The van der Waals surface area contributed by atoms with Crippen LogP contribution in [0.4, 0.5) is 10.5 Å². The number of carbonyl (C=O) groups is 2. The van der Waals surface area contributed by atoms with E-state index >= 15 is 0 Å². The number of nitrogens with one attached hydrogen (secondary N) is 2. The maximum atomic E-state index is 12.6. The van der Waals surface area contributed by atoms with Gasteiger partial charge >= 0.3 is 6.09 Å². The molecule has 1 saturated heterocycles. The number of anilines is 1. The highest BCUT2D eigenvalue weighted by molar-refractivity contribution is 7.88. The number of nitrogens with zero attached hydrogens (tertiary/aromatic N) is 1. The van der Waals surface area contributed by atoms with Crippen molar-refractivity contribution in [2.75, 3.05) is 24.7 Å². The van der Waals surface area contributed by atoms with Gasteiger partial charge in [0.15, 0.2) is 0 Å². The Morgan fingerprint density at radius 3 is 2.15 bits per heavy atom. The zero-order valence-electron chi connectivity index (χ0n) is 16.1. The Kier molecular flexibility index (Phi) is 6.48. The molecule has 2 rings (SSSR count). The maximum absolute atomic E-state index is 12.6. The Labute approximate surface area is 160 Å². The van der Waals surface area contributed by atoms with Crippen LogP contribution in [0.3, 0.4) is 0 Å². The lowest BCUT2D eigenvalue weighted by molar-refractivity contribution is 0.0635. The number of ether oxygens (including phenoxy) is 1. The first-order valence-electron chi connectivity index (χ1n) is 8.79. The topological polar surface area (TPSA) is 105 Å². The van der Waals surface area contributed by atoms with Crippen LogP contribution in [-0.2, 0) is 14.8 Å². The first-order chi connectivity index (χ1) is 12.4. The molecule has 0 aliphatic carbocycles.